The fourth-order valence-electron chi connectivity index (χ4n) is 1.74. The molecule has 5 nitrogen and oxygen atoms in total. The van der Waals surface area contributed by atoms with Crippen molar-refractivity contribution in [1.82, 2.24) is 14.3 Å². The van der Waals surface area contributed by atoms with Crippen LogP contribution in [0, 0.1) is 6.92 Å². The quantitative estimate of drug-likeness (QED) is 0.893. The van der Waals surface area contributed by atoms with Gasteiger partial charge in [0.1, 0.15) is 0 Å². The van der Waals surface area contributed by atoms with Crippen molar-refractivity contribution in [2.45, 2.75) is 20.3 Å². The highest BCUT2D eigenvalue weighted by molar-refractivity contribution is 5.41. The number of aryl methyl sites for hydroxylation is 2. The summed E-state index contributed by atoms with van der Waals surface area (Å²) in [6.45, 7) is 4.89. The topological polar surface area (TPSA) is 51.9 Å². The standard InChI is InChI=1S/C13H18N4O/c1-4-9-14-12-15-16(3)13(18)17(12)11-7-5-10(2)6-8-11/h5-8H,4,9H2,1-3H3,(H,14,15). The van der Waals surface area contributed by atoms with Crippen LogP contribution in [0.3, 0.4) is 0 Å². The van der Waals surface area contributed by atoms with Crippen molar-refractivity contribution in [1.29, 1.82) is 0 Å². The van der Waals surface area contributed by atoms with Crippen molar-refractivity contribution < 1.29 is 0 Å². The molecule has 0 radical (unpaired) electrons. The van der Waals surface area contributed by atoms with Crippen LogP contribution in [0.15, 0.2) is 29.1 Å². The molecule has 0 aliphatic rings. The number of rotatable bonds is 4. The first-order valence-corrected chi connectivity index (χ1v) is 6.10. The van der Waals surface area contributed by atoms with Crippen molar-refractivity contribution in [3.8, 4) is 5.69 Å². The molecule has 0 unspecified atom stereocenters. The van der Waals surface area contributed by atoms with Crippen molar-refractivity contribution >= 4 is 5.95 Å². The molecule has 1 aromatic heterocycles. The minimum absolute atomic E-state index is 0.141. The second kappa shape index (κ2) is 5.08. The second-order valence-corrected chi connectivity index (χ2v) is 4.33. The molecular weight excluding hydrogens is 228 g/mol. The van der Waals surface area contributed by atoms with E-state index < -0.39 is 0 Å². The molecule has 0 atom stereocenters. The van der Waals surface area contributed by atoms with Crippen LogP contribution in [0.25, 0.3) is 5.69 Å². The van der Waals surface area contributed by atoms with Gasteiger partial charge >= 0.3 is 5.69 Å². The third-order valence-corrected chi connectivity index (χ3v) is 2.75. The Kier molecular flexibility index (Phi) is 3.50. The van der Waals surface area contributed by atoms with Gasteiger partial charge in [-0.2, -0.15) is 0 Å². The lowest BCUT2D eigenvalue weighted by atomic mass is 10.2. The van der Waals surface area contributed by atoms with Gasteiger partial charge in [0.25, 0.3) is 0 Å². The zero-order chi connectivity index (χ0) is 13.1. The molecule has 0 saturated carbocycles. The normalized spacial score (nSPS) is 10.6. The van der Waals surface area contributed by atoms with Crippen LogP contribution in [0.5, 0.6) is 0 Å². The molecule has 0 amide bonds. The lowest BCUT2D eigenvalue weighted by Gasteiger charge is -2.07. The third-order valence-electron chi connectivity index (χ3n) is 2.75. The summed E-state index contributed by atoms with van der Waals surface area (Å²) in [6, 6.07) is 7.82. The third kappa shape index (κ3) is 2.30. The maximum atomic E-state index is 12.1. The summed E-state index contributed by atoms with van der Waals surface area (Å²) < 4.78 is 2.94. The number of nitrogens with zero attached hydrogens (tertiary/aromatic N) is 3. The molecule has 0 aliphatic heterocycles. The molecular formula is C13H18N4O. The van der Waals surface area contributed by atoms with E-state index in [0.717, 1.165) is 18.7 Å². The van der Waals surface area contributed by atoms with E-state index in [-0.39, 0.29) is 5.69 Å². The van der Waals surface area contributed by atoms with E-state index in [4.69, 9.17) is 0 Å². The van der Waals surface area contributed by atoms with Gasteiger partial charge in [0.2, 0.25) is 5.95 Å². The van der Waals surface area contributed by atoms with Gasteiger partial charge in [-0.25, -0.2) is 14.0 Å². The Morgan fingerprint density at radius 3 is 2.56 bits per heavy atom. The molecule has 2 rings (SSSR count). The second-order valence-electron chi connectivity index (χ2n) is 4.33. The Morgan fingerprint density at radius 1 is 1.28 bits per heavy atom. The molecule has 5 heteroatoms. The smallest absolute Gasteiger partial charge is 0.351 e. The molecule has 0 aliphatic carbocycles. The fourth-order valence-corrected chi connectivity index (χ4v) is 1.74. The Labute approximate surface area is 106 Å². The number of benzene rings is 1. The Hall–Kier alpha value is -2.04. The average molecular weight is 246 g/mol. The van der Waals surface area contributed by atoms with E-state index in [1.165, 1.54) is 10.2 Å². The minimum atomic E-state index is -0.141. The van der Waals surface area contributed by atoms with Gasteiger partial charge in [-0.1, -0.05) is 24.6 Å². The molecule has 1 N–H and O–H groups in total. The number of hydrogen-bond acceptors (Lipinski definition) is 3. The predicted octanol–water partition coefficient (Wildman–Crippen LogP) is 1.70. The van der Waals surface area contributed by atoms with E-state index in [0.29, 0.717) is 5.95 Å². The van der Waals surface area contributed by atoms with Gasteiger partial charge in [-0.05, 0) is 25.5 Å². The summed E-state index contributed by atoms with van der Waals surface area (Å²) in [7, 11) is 1.66. The first kappa shape index (κ1) is 12.4. The summed E-state index contributed by atoms with van der Waals surface area (Å²) in [6.07, 6.45) is 0.985. The Morgan fingerprint density at radius 2 is 1.94 bits per heavy atom. The van der Waals surface area contributed by atoms with E-state index in [9.17, 15) is 4.79 Å². The summed E-state index contributed by atoms with van der Waals surface area (Å²) in [5, 5.41) is 7.37. The number of anilines is 1. The highest BCUT2D eigenvalue weighted by atomic mass is 16.2. The minimum Gasteiger partial charge on any atom is -0.354 e. The van der Waals surface area contributed by atoms with Crippen LogP contribution in [-0.4, -0.2) is 20.9 Å². The number of aromatic nitrogens is 3. The zero-order valence-corrected chi connectivity index (χ0v) is 11.0. The molecule has 96 valence electrons. The SMILES string of the molecule is CCCNc1nn(C)c(=O)n1-c1ccc(C)cc1. The van der Waals surface area contributed by atoms with Gasteiger partial charge < -0.3 is 5.32 Å². The van der Waals surface area contributed by atoms with Gasteiger partial charge in [0.05, 0.1) is 5.69 Å². The fraction of sp³-hybridized carbons (Fsp3) is 0.385. The van der Waals surface area contributed by atoms with Crippen LogP contribution in [0.2, 0.25) is 0 Å². The van der Waals surface area contributed by atoms with Crippen LogP contribution >= 0.6 is 0 Å². The van der Waals surface area contributed by atoms with E-state index in [1.807, 2.05) is 31.2 Å². The maximum absolute atomic E-state index is 12.1. The molecule has 1 aromatic carbocycles. The van der Waals surface area contributed by atoms with Crippen LogP contribution < -0.4 is 11.0 Å². The van der Waals surface area contributed by atoms with Crippen LogP contribution in [0.4, 0.5) is 5.95 Å². The first-order valence-electron chi connectivity index (χ1n) is 6.10. The lowest BCUT2D eigenvalue weighted by Crippen LogP contribution is -2.22. The molecule has 0 saturated heterocycles. The average Bonchev–Trinajstić information content (AvgIpc) is 2.64. The van der Waals surface area contributed by atoms with E-state index in [1.54, 1.807) is 11.6 Å². The van der Waals surface area contributed by atoms with Crippen molar-refractivity contribution in [3.05, 3.63) is 40.3 Å². The Balaban J connectivity index is 2.48. The maximum Gasteiger partial charge on any atom is 0.351 e. The molecule has 0 bridgehead atoms. The summed E-state index contributed by atoms with van der Waals surface area (Å²) in [5.41, 5.74) is 1.86. The zero-order valence-electron chi connectivity index (χ0n) is 11.0. The van der Waals surface area contributed by atoms with Gasteiger partial charge in [0, 0.05) is 13.6 Å². The van der Waals surface area contributed by atoms with E-state index >= 15 is 0 Å². The van der Waals surface area contributed by atoms with Crippen molar-refractivity contribution in [2.24, 2.45) is 7.05 Å². The van der Waals surface area contributed by atoms with Gasteiger partial charge in [-0.15, -0.1) is 5.10 Å². The monoisotopic (exact) mass is 246 g/mol. The molecule has 0 spiro atoms. The first-order chi connectivity index (χ1) is 8.63. The van der Waals surface area contributed by atoms with E-state index in [2.05, 4.69) is 17.3 Å². The number of nitrogens with one attached hydrogen (secondary N) is 1. The Bertz CT molecular complexity index is 580. The van der Waals surface area contributed by atoms with Crippen LogP contribution in [-0.2, 0) is 7.05 Å². The largest absolute Gasteiger partial charge is 0.354 e. The van der Waals surface area contributed by atoms with Crippen molar-refractivity contribution in [3.63, 3.8) is 0 Å². The number of hydrogen-bond donors (Lipinski definition) is 1. The lowest BCUT2D eigenvalue weighted by molar-refractivity contribution is 0.726. The molecule has 0 fully saturated rings. The van der Waals surface area contributed by atoms with Gasteiger partial charge in [0.15, 0.2) is 0 Å². The molecule has 2 aromatic rings. The molecule has 1 heterocycles. The summed E-state index contributed by atoms with van der Waals surface area (Å²) >= 11 is 0. The highest BCUT2D eigenvalue weighted by Gasteiger charge is 2.11. The van der Waals surface area contributed by atoms with Crippen LogP contribution in [0.1, 0.15) is 18.9 Å². The van der Waals surface area contributed by atoms with Gasteiger partial charge in [-0.3, -0.25) is 0 Å². The summed E-state index contributed by atoms with van der Waals surface area (Å²) in [4.78, 5) is 12.1. The summed E-state index contributed by atoms with van der Waals surface area (Å²) in [5.74, 6) is 0.591. The van der Waals surface area contributed by atoms with Crippen molar-refractivity contribution in [2.75, 3.05) is 11.9 Å². The predicted molar refractivity (Wildman–Crippen MR) is 72.3 cm³/mol. The highest BCUT2D eigenvalue weighted by Crippen LogP contribution is 2.12. The molecule has 18 heavy (non-hydrogen) atoms.